The number of aliphatic carboxylic acids is 1. The molecule has 2 N–H and O–H groups in total. The molecule has 0 aliphatic carbocycles. The number of pyridine rings is 1. The SMILES string of the molecule is CC(C)(NC(=O)OCc1ccccn1)C(=O)O. The van der Waals surface area contributed by atoms with Gasteiger partial charge in [0.25, 0.3) is 0 Å². The summed E-state index contributed by atoms with van der Waals surface area (Å²) in [4.78, 5) is 26.0. The highest BCUT2D eigenvalue weighted by molar-refractivity contribution is 5.83. The van der Waals surface area contributed by atoms with Crippen molar-refractivity contribution in [1.82, 2.24) is 10.3 Å². The summed E-state index contributed by atoms with van der Waals surface area (Å²) in [5.41, 5.74) is -0.767. The largest absolute Gasteiger partial charge is 0.480 e. The molecule has 0 unspecified atom stereocenters. The molecule has 0 fully saturated rings. The van der Waals surface area contributed by atoms with E-state index in [0.717, 1.165) is 0 Å². The number of ether oxygens (including phenoxy) is 1. The van der Waals surface area contributed by atoms with Gasteiger partial charge in [-0.25, -0.2) is 9.59 Å². The summed E-state index contributed by atoms with van der Waals surface area (Å²) >= 11 is 0. The first-order valence-corrected chi connectivity index (χ1v) is 5.00. The van der Waals surface area contributed by atoms with Crippen LogP contribution in [0.25, 0.3) is 0 Å². The summed E-state index contributed by atoms with van der Waals surface area (Å²) in [5.74, 6) is -1.13. The van der Waals surface area contributed by atoms with Crippen LogP contribution in [0, 0.1) is 0 Å². The number of nitrogens with zero attached hydrogens (tertiary/aromatic N) is 1. The molecule has 0 spiro atoms. The van der Waals surface area contributed by atoms with E-state index >= 15 is 0 Å². The number of carbonyl (C=O) groups is 2. The Bertz CT molecular complexity index is 403. The van der Waals surface area contributed by atoms with Crippen LogP contribution in [0.15, 0.2) is 24.4 Å². The minimum atomic E-state index is -1.36. The maximum Gasteiger partial charge on any atom is 0.408 e. The molecule has 0 bridgehead atoms. The van der Waals surface area contributed by atoms with Gasteiger partial charge in [0.1, 0.15) is 12.1 Å². The number of carboxylic acids is 1. The standard InChI is InChI=1S/C11H14N2O4/c1-11(2,9(14)15)13-10(16)17-7-8-5-3-4-6-12-8/h3-6H,7H2,1-2H3,(H,13,16)(H,14,15). The van der Waals surface area contributed by atoms with Crippen LogP contribution in [-0.4, -0.2) is 27.7 Å². The van der Waals surface area contributed by atoms with Gasteiger partial charge in [0.2, 0.25) is 0 Å². The van der Waals surface area contributed by atoms with E-state index in [0.29, 0.717) is 5.69 Å². The average molecular weight is 238 g/mol. The molecule has 1 heterocycles. The van der Waals surface area contributed by atoms with E-state index in [-0.39, 0.29) is 6.61 Å². The second-order valence-corrected chi connectivity index (χ2v) is 3.95. The van der Waals surface area contributed by atoms with Gasteiger partial charge in [0.15, 0.2) is 0 Å². The van der Waals surface area contributed by atoms with Crippen molar-refractivity contribution in [3.63, 3.8) is 0 Å². The second-order valence-electron chi connectivity index (χ2n) is 3.95. The summed E-state index contributed by atoms with van der Waals surface area (Å²) in [6, 6.07) is 5.22. The molecule has 0 aliphatic rings. The zero-order valence-corrected chi connectivity index (χ0v) is 9.64. The second kappa shape index (κ2) is 5.29. The van der Waals surface area contributed by atoms with Crippen molar-refractivity contribution in [2.45, 2.75) is 26.0 Å². The Balaban J connectivity index is 2.44. The predicted molar refractivity (Wildman–Crippen MR) is 59.3 cm³/mol. The molecule has 6 nitrogen and oxygen atoms in total. The van der Waals surface area contributed by atoms with Crippen LogP contribution < -0.4 is 5.32 Å². The van der Waals surface area contributed by atoms with Crippen LogP contribution in [0.3, 0.4) is 0 Å². The van der Waals surface area contributed by atoms with E-state index in [2.05, 4.69) is 10.3 Å². The molecule has 92 valence electrons. The molecule has 1 rings (SSSR count). The molecule has 1 aromatic heterocycles. The summed E-state index contributed by atoms with van der Waals surface area (Å²) in [7, 11) is 0. The molecule has 6 heteroatoms. The molecule has 0 atom stereocenters. The Labute approximate surface area is 98.6 Å². The van der Waals surface area contributed by atoms with Gasteiger partial charge >= 0.3 is 12.1 Å². The van der Waals surface area contributed by atoms with Crippen molar-refractivity contribution in [1.29, 1.82) is 0 Å². The van der Waals surface area contributed by atoms with Crippen molar-refractivity contribution >= 4 is 12.1 Å². The highest BCUT2D eigenvalue weighted by atomic mass is 16.5. The number of nitrogens with one attached hydrogen (secondary N) is 1. The predicted octanol–water partition coefficient (Wildman–Crippen LogP) is 1.17. The molecule has 1 aromatic rings. The molecular formula is C11H14N2O4. The van der Waals surface area contributed by atoms with Gasteiger partial charge in [0.05, 0.1) is 5.69 Å². The number of rotatable bonds is 4. The lowest BCUT2D eigenvalue weighted by Gasteiger charge is -2.20. The number of amides is 1. The summed E-state index contributed by atoms with van der Waals surface area (Å²) in [6.07, 6.45) is 0.792. The Hall–Kier alpha value is -2.11. The highest BCUT2D eigenvalue weighted by Gasteiger charge is 2.29. The van der Waals surface area contributed by atoms with Crippen molar-refractivity contribution in [2.75, 3.05) is 0 Å². The first kappa shape index (κ1) is 13.0. The number of carbonyl (C=O) groups excluding carboxylic acids is 1. The number of alkyl carbamates (subject to hydrolysis) is 1. The molecule has 0 radical (unpaired) electrons. The lowest BCUT2D eigenvalue weighted by molar-refractivity contribution is -0.143. The first-order valence-electron chi connectivity index (χ1n) is 5.00. The van der Waals surface area contributed by atoms with E-state index in [1.54, 1.807) is 24.4 Å². The van der Waals surface area contributed by atoms with Crippen LogP contribution in [0.1, 0.15) is 19.5 Å². The third-order valence-corrected chi connectivity index (χ3v) is 2.03. The van der Waals surface area contributed by atoms with E-state index in [1.807, 2.05) is 0 Å². The minimum absolute atomic E-state index is 0.00235. The van der Waals surface area contributed by atoms with Crippen LogP contribution in [-0.2, 0) is 16.1 Å². The molecule has 0 aromatic carbocycles. The van der Waals surface area contributed by atoms with Gasteiger partial charge in [-0.15, -0.1) is 0 Å². The van der Waals surface area contributed by atoms with Crippen LogP contribution in [0.5, 0.6) is 0 Å². The Morgan fingerprint density at radius 1 is 1.47 bits per heavy atom. The van der Waals surface area contributed by atoms with Crippen LogP contribution >= 0.6 is 0 Å². The quantitative estimate of drug-likeness (QED) is 0.822. The highest BCUT2D eigenvalue weighted by Crippen LogP contribution is 2.03. The van der Waals surface area contributed by atoms with Crippen molar-refractivity contribution < 1.29 is 19.4 Å². The van der Waals surface area contributed by atoms with Crippen molar-refractivity contribution in [3.05, 3.63) is 30.1 Å². The van der Waals surface area contributed by atoms with Gasteiger partial charge in [-0.3, -0.25) is 4.98 Å². The van der Waals surface area contributed by atoms with Gasteiger partial charge < -0.3 is 15.2 Å². The first-order chi connectivity index (χ1) is 7.92. The monoisotopic (exact) mass is 238 g/mol. The fraction of sp³-hybridized carbons (Fsp3) is 0.364. The Kier molecular flexibility index (Phi) is 4.03. The number of aromatic nitrogens is 1. The van der Waals surface area contributed by atoms with Crippen molar-refractivity contribution in [3.8, 4) is 0 Å². The normalized spacial score (nSPS) is 10.7. The molecular weight excluding hydrogens is 224 g/mol. The fourth-order valence-electron chi connectivity index (χ4n) is 0.968. The van der Waals surface area contributed by atoms with Gasteiger partial charge in [0, 0.05) is 6.20 Å². The molecule has 0 saturated carbocycles. The van der Waals surface area contributed by atoms with Crippen LogP contribution in [0.4, 0.5) is 4.79 Å². The van der Waals surface area contributed by atoms with Gasteiger partial charge in [-0.1, -0.05) is 6.07 Å². The maximum atomic E-state index is 11.3. The number of hydrogen-bond donors (Lipinski definition) is 2. The van der Waals surface area contributed by atoms with E-state index in [4.69, 9.17) is 9.84 Å². The van der Waals surface area contributed by atoms with Crippen molar-refractivity contribution in [2.24, 2.45) is 0 Å². The maximum absolute atomic E-state index is 11.3. The number of hydrogen-bond acceptors (Lipinski definition) is 4. The minimum Gasteiger partial charge on any atom is -0.480 e. The van der Waals surface area contributed by atoms with E-state index in [1.165, 1.54) is 13.8 Å². The molecule has 0 saturated heterocycles. The number of carboxylic acid groups (broad SMARTS) is 1. The summed E-state index contributed by atoms with van der Waals surface area (Å²) in [5, 5.41) is 11.0. The smallest absolute Gasteiger partial charge is 0.408 e. The lowest BCUT2D eigenvalue weighted by atomic mass is 10.1. The zero-order valence-electron chi connectivity index (χ0n) is 9.64. The van der Waals surface area contributed by atoms with E-state index in [9.17, 15) is 9.59 Å². The average Bonchev–Trinajstić information content (AvgIpc) is 2.27. The fourth-order valence-corrected chi connectivity index (χ4v) is 0.968. The van der Waals surface area contributed by atoms with Crippen LogP contribution in [0.2, 0.25) is 0 Å². The summed E-state index contributed by atoms with van der Waals surface area (Å²) in [6.45, 7) is 2.75. The molecule has 17 heavy (non-hydrogen) atoms. The molecule has 1 amide bonds. The van der Waals surface area contributed by atoms with Gasteiger partial charge in [-0.2, -0.15) is 0 Å². The summed E-state index contributed by atoms with van der Waals surface area (Å²) < 4.78 is 4.84. The van der Waals surface area contributed by atoms with Gasteiger partial charge in [-0.05, 0) is 26.0 Å². The third kappa shape index (κ3) is 4.10. The molecule has 0 aliphatic heterocycles. The lowest BCUT2D eigenvalue weighted by Crippen LogP contribution is -2.49. The topological polar surface area (TPSA) is 88.5 Å². The zero-order chi connectivity index (χ0) is 12.9. The Morgan fingerprint density at radius 3 is 2.71 bits per heavy atom. The third-order valence-electron chi connectivity index (χ3n) is 2.03. The Morgan fingerprint density at radius 2 is 2.18 bits per heavy atom. The van der Waals surface area contributed by atoms with E-state index < -0.39 is 17.6 Å².